The molecule has 0 atom stereocenters. The fourth-order valence-corrected chi connectivity index (χ4v) is 1.94. The lowest BCUT2D eigenvalue weighted by molar-refractivity contribution is -0.140. The van der Waals surface area contributed by atoms with Gasteiger partial charge in [-0.05, 0) is 18.6 Å². The van der Waals surface area contributed by atoms with Gasteiger partial charge >= 0.3 is 6.18 Å². The smallest absolute Gasteiger partial charge is 0.433 e. The number of hydrogen-bond donors (Lipinski definition) is 1. The zero-order valence-corrected chi connectivity index (χ0v) is 11.2. The first-order valence-corrected chi connectivity index (χ1v) is 6.26. The molecule has 108 valence electrons. The van der Waals surface area contributed by atoms with Crippen molar-refractivity contribution < 1.29 is 17.9 Å². The van der Waals surface area contributed by atoms with E-state index in [4.69, 9.17) is 4.74 Å². The maximum absolute atomic E-state index is 12.9. The third-order valence-corrected chi connectivity index (χ3v) is 2.88. The van der Waals surface area contributed by atoms with E-state index in [0.29, 0.717) is 23.4 Å². The molecule has 3 nitrogen and oxygen atoms in total. The first-order chi connectivity index (χ1) is 9.47. The van der Waals surface area contributed by atoms with Crippen LogP contribution in [0.1, 0.15) is 19.0 Å². The summed E-state index contributed by atoms with van der Waals surface area (Å²) in [7, 11) is 1.41. The maximum atomic E-state index is 12.9. The molecule has 6 heteroatoms. The number of para-hydroxylation sites is 1. The number of ether oxygens (including phenoxy) is 1. The summed E-state index contributed by atoms with van der Waals surface area (Å²) in [6.07, 6.45) is -3.67. The predicted octanol–water partition coefficient (Wildman–Crippen LogP) is 4.08. The standard InChI is InChI=1S/C14H15F3N2O/c1-3-7-18-10-8-12(14(15,16)17)19-13-9(10)5-4-6-11(13)20-2/h4-6,8H,3,7H2,1-2H3,(H,18,19). The molecular formula is C14H15F3N2O. The average Bonchev–Trinajstić information content (AvgIpc) is 2.42. The summed E-state index contributed by atoms with van der Waals surface area (Å²) in [5.41, 5.74) is -0.292. The average molecular weight is 284 g/mol. The quantitative estimate of drug-likeness (QED) is 0.918. The number of aromatic nitrogens is 1. The van der Waals surface area contributed by atoms with Crippen LogP contribution in [0, 0.1) is 0 Å². The summed E-state index contributed by atoms with van der Waals surface area (Å²) in [6.45, 7) is 2.54. The fraction of sp³-hybridized carbons (Fsp3) is 0.357. The Morgan fingerprint density at radius 3 is 2.65 bits per heavy atom. The van der Waals surface area contributed by atoms with Crippen molar-refractivity contribution in [3.63, 3.8) is 0 Å². The van der Waals surface area contributed by atoms with Gasteiger partial charge in [0.1, 0.15) is 17.0 Å². The highest BCUT2D eigenvalue weighted by atomic mass is 19.4. The number of nitrogens with one attached hydrogen (secondary N) is 1. The Balaban J connectivity index is 2.68. The van der Waals surface area contributed by atoms with Gasteiger partial charge in [-0.25, -0.2) is 4.98 Å². The number of fused-ring (bicyclic) bond motifs is 1. The monoisotopic (exact) mass is 284 g/mol. The summed E-state index contributed by atoms with van der Waals surface area (Å²) >= 11 is 0. The molecule has 0 aliphatic carbocycles. The van der Waals surface area contributed by atoms with Gasteiger partial charge in [-0.15, -0.1) is 0 Å². The Kier molecular flexibility index (Phi) is 4.01. The van der Waals surface area contributed by atoms with Crippen LogP contribution in [0.2, 0.25) is 0 Å². The van der Waals surface area contributed by atoms with E-state index in [1.807, 2.05) is 6.92 Å². The lowest BCUT2D eigenvalue weighted by Crippen LogP contribution is -2.10. The molecule has 1 heterocycles. The van der Waals surface area contributed by atoms with Crippen molar-refractivity contribution in [1.82, 2.24) is 4.98 Å². The van der Waals surface area contributed by atoms with E-state index in [0.717, 1.165) is 12.5 Å². The normalized spacial score (nSPS) is 11.7. The van der Waals surface area contributed by atoms with Crippen LogP contribution in [0.25, 0.3) is 10.9 Å². The molecule has 0 spiro atoms. The fourth-order valence-electron chi connectivity index (χ4n) is 1.94. The van der Waals surface area contributed by atoms with Gasteiger partial charge in [0.2, 0.25) is 0 Å². The molecule has 0 bridgehead atoms. The van der Waals surface area contributed by atoms with Gasteiger partial charge in [-0.2, -0.15) is 13.2 Å². The summed E-state index contributed by atoms with van der Waals surface area (Å²) < 4.78 is 43.9. The number of hydrogen-bond acceptors (Lipinski definition) is 3. The highest BCUT2D eigenvalue weighted by molar-refractivity contribution is 5.95. The number of benzene rings is 1. The Morgan fingerprint density at radius 2 is 2.05 bits per heavy atom. The van der Waals surface area contributed by atoms with Crippen LogP contribution in [0.3, 0.4) is 0 Å². The van der Waals surface area contributed by atoms with Gasteiger partial charge in [-0.1, -0.05) is 19.1 Å². The van der Waals surface area contributed by atoms with Gasteiger partial charge in [0.25, 0.3) is 0 Å². The van der Waals surface area contributed by atoms with Gasteiger partial charge in [0, 0.05) is 17.6 Å². The molecular weight excluding hydrogens is 269 g/mol. The number of nitrogens with zero attached hydrogens (tertiary/aromatic N) is 1. The largest absolute Gasteiger partial charge is 0.494 e. The molecule has 0 unspecified atom stereocenters. The molecule has 0 aliphatic rings. The molecule has 1 aromatic heterocycles. The summed E-state index contributed by atoms with van der Waals surface area (Å²) in [5, 5.41) is 3.62. The van der Waals surface area contributed by atoms with Gasteiger partial charge in [0.15, 0.2) is 0 Å². The van der Waals surface area contributed by atoms with E-state index in [9.17, 15) is 13.2 Å². The van der Waals surface area contributed by atoms with Crippen LogP contribution >= 0.6 is 0 Å². The van der Waals surface area contributed by atoms with Crippen LogP contribution in [-0.4, -0.2) is 18.6 Å². The SMILES string of the molecule is CCCNc1cc(C(F)(F)F)nc2c(OC)cccc12. The first-order valence-electron chi connectivity index (χ1n) is 6.26. The molecule has 20 heavy (non-hydrogen) atoms. The van der Waals surface area contributed by atoms with E-state index in [1.165, 1.54) is 7.11 Å². The highest BCUT2D eigenvalue weighted by Gasteiger charge is 2.33. The Bertz CT molecular complexity index is 611. The van der Waals surface area contributed by atoms with Crippen LogP contribution in [0.15, 0.2) is 24.3 Å². The van der Waals surface area contributed by atoms with E-state index in [2.05, 4.69) is 10.3 Å². The van der Waals surface area contributed by atoms with Crippen molar-refractivity contribution in [3.05, 3.63) is 30.0 Å². The minimum Gasteiger partial charge on any atom is -0.494 e. The van der Waals surface area contributed by atoms with Crippen molar-refractivity contribution >= 4 is 16.6 Å². The molecule has 0 amide bonds. The van der Waals surface area contributed by atoms with Crippen LogP contribution in [-0.2, 0) is 6.18 Å². The molecule has 1 aromatic carbocycles. The van der Waals surface area contributed by atoms with Gasteiger partial charge in [-0.3, -0.25) is 0 Å². The first kappa shape index (κ1) is 14.4. The number of alkyl halides is 3. The minimum atomic E-state index is -4.49. The summed E-state index contributed by atoms with van der Waals surface area (Å²) in [6, 6.07) is 6.09. The summed E-state index contributed by atoms with van der Waals surface area (Å²) in [4.78, 5) is 3.70. The lowest BCUT2D eigenvalue weighted by atomic mass is 10.1. The molecule has 2 rings (SSSR count). The topological polar surface area (TPSA) is 34.2 Å². The number of halogens is 3. The van der Waals surface area contributed by atoms with E-state index in [-0.39, 0.29) is 5.52 Å². The molecule has 0 saturated carbocycles. The van der Waals surface area contributed by atoms with Crippen molar-refractivity contribution in [2.45, 2.75) is 19.5 Å². The number of methoxy groups -OCH3 is 1. The van der Waals surface area contributed by atoms with E-state index < -0.39 is 11.9 Å². The molecule has 1 N–H and O–H groups in total. The third-order valence-electron chi connectivity index (χ3n) is 2.88. The zero-order chi connectivity index (χ0) is 14.8. The number of rotatable bonds is 4. The zero-order valence-electron chi connectivity index (χ0n) is 11.2. The van der Waals surface area contributed by atoms with Gasteiger partial charge in [0.05, 0.1) is 7.11 Å². The second-order valence-electron chi connectivity index (χ2n) is 4.34. The van der Waals surface area contributed by atoms with Gasteiger partial charge < -0.3 is 10.1 Å². The molecule has 0 fully saturated rings. The van der Waals surface area contributed by atoms with Crippen LogP contribution < -0.4 is 10.1 Å². The van der Waals surface area contributed by atoms with Crippen LogP contribution in [0.5, 0.6) is 5.75 Å². The molecule has 0 radical (unpaired) electrons. The number of pyridine rings is 1. The minimum absolute atomic E-state index is 0.212. The third kappa shape index (κ3) is 2.79. The van der Waals surface area contributed by atoms with E-state index >= 15 is 0 Å². The Hall–Kier alpha value is -1.98. The van der Waals surface area contributed by atoms with E-state index in [1.54, 1.807) is 18.2 Å². The van der Waals surface area contributed by atoms with Crippen molar-refractivity contribution in [2.24, 2.45) is 0 Å². The Labute approximate surface area is 114 Å². The molecule has 0 aliphatic heterocycles. The van der Waals surface area contributed by atoms with Crippen molar-refractivity contribution in [3.8, 4) is 5.75 Å². The van der Waals surface area contributed by atoms with Crippen molar-refractivity contribution in [1.29, 1.82) is 0 Å². The van der Waals surface area contributed by atoms with Crippen LogP contribution in [0.4, 0.5) is 18.9 Å². The lowest BCUT2D eigenvalue weighted by Gasteiger charge is -2.14. The van der Waals surface area contributed by atoms with Crippen molar-refractivity contribution in [2.75, 3.05) is 19.0 Å². The molecule has 2 aromatic rings. The second-order valence-corrected chi connectivity index (χ2v) is 4.34. The number of anilines is 1. The maximum Gasteiger partial charge on any atom is 0.433 e. The second kappa shape index (κ2) is 5.56. The highest BCUT2D eigenvalue weighted by Crippen LogP contribution is 2.35. The molecule has 0 saturated heterocycles. The Morgan fingerprint density at radius 1 is 1.30 bits per heavy atom. The predicted molar refractivity (Wildman–Crippen MR) is 72.1 cm³/mol. The summed E-state index contributed by atoms with van der Waals surface area (Å²) in [5.74, 6) is 0.327.